The molecule has 0 bridgehead atoms. The van der Waals surface area contributed by atoms with Gasteiger partial charge in [-0.15, -0.1) is 0 Å². The molecular weight excluding hydrogens is 459 g/mol. The maximum absolute atomic E-state index is 13.4. The lowest BCUT2D eigenvalue weighted by atomic mass is 9.99. The fourth-order valence-electron chi connectivity index (χ4n) is 3.71. The van der Waals surface area contributed by atoms with Crippen LogP contribution in [0.2, 0.25) is 0 Å². The predicted molar refractivity (Wildman–Crippen MR) is 124 cm³/mol. The standard InChI is InChI=1S/C27H22F3NO4/c1-17(34-35-18(2)32)20-7-3-6-19(14-20)16-33-22-9-4-8-21(15-22)23-12-13-31-26-24(23)10-5-11-25(26)27(28,29)30/h3-15,17H,16H2,1-2H3. The van der Waals surface area contributed by atoms with Crippen LogP contribution in [0.3, 0.4) is 0 Å². The third-order valence-corrected chi connectivity index (χ3v) is 5.36. The van der Waals surface area contributed by atoms with Gasteiger partial charge in [0.15, 0.2) is 0 Å². The van der Waals surface area contributed by atoms with Crippen LogP contribution in [0, 0.1) is 0 Å². The number of benzene rings is 3. The molecule has 35 heavy (non-hydrogen) atoms. The molecule has 1 heterocycles. The monoisotopic (exact) mass is 481 g/mol. The van der Waals surface area contributed by atoms with Gasteiger partial charge in [-0.25, -0.2) is 4.79 Å². The Morgan fingerprint density at radius 2 is 1.77 bits per heavy atom. The molecule has 0 amide bonds. The highest BCUT2D eigenvalue weighted by atomic mass is 19.4. The summed E-state index contributed by atoms with van der Waals surface area (Å²) in [7, 11) is 0. The molecule has 0 aliphatic rings. The first-order valence-corrected chi connectivity index (χ1v) is 10.8. The number of fused-ring (bicyclic) bond motifs is 1. The van der Waals surface area contributed by atoms with Crippen molar-refractivity contribution in [3.8, 4) is 16.9 Å². The molecule has 0 aliphatic carbocycles. The van der Waals surface area contributed by atoms with Gasteiger partial charge in [0.05, 0.1) is 11.1 Å². The fraction of sp³-hybridized carbons (Fsp3) is 0.185. The molecule has 4 rings (SSSR count). The van der Waals surface area contributed by atoms with Crippen LogP contribution in [-0.4, -0.2) is 11.0 Å². The number of ether oxygens (including phenoxy) is 1. The average molecular weight is 481 g/mol. The topological polar surface area (TPSA) is 57.7 Å². The minimum absolute atomic E-state index is 0.0919. The van der Waals surface area contributed by atoms with Crippen LogP contribution < -0.4 is 4.74 Å². The van der Waals surface area contributed by atoms with Gasteiger partial charge in [0.2, 0.25) is 0 Å². The van der Waals surface area contributed by atoms with Gasteiger partial charge in [-0.2, -0.15) is 18.1 Å². The average Bonchev–Trinajstić information content (AvgIpc) is 2.85. The van der Waals surface area contributed by atoms with E-state index in [9.17, 15) is 18.0 Å². The Hall–Kier alpha value is -3.91. The smallest absolute Gasteiger partial charge is 0.418 e. The van der Waals surface area contributed by atoms with Gasteiger partial charge in [-0.1, -0.05) is 42.5 Å². The second-order valence-electron chi connectivity index (χ2n) is 7.93. The molecule has 0 saturated carbocycles. The summed E-state index contributed by atoms with van der Waals surface area (Å²) in [5.41, 5.74) is 2.17. The summed E-state index contributed by atoms with van der Waals surface area (Å²) in [4.78, 5) is 24.6. The molecule has 4 aromatic rings. The second kappa shape index (κ2) is 10.1. The SMILES string of the molecule is CC(=O)OOC(C)c1cccc(COc2cccc(-c3ccnc4c(C(F)(F)F)cccc34)c2)c1. The van der Waals surface area contributed by atoms with Crippen LogP contribution in [0.25, 0.3) is 22.0 Å². The van der Waals surface area contributed by atoms with Gasteiger partial charge in [0.1, 0.15) is 18.5 Å². The second-order valence-corrected chi connectivity index (χ2v) is 7.93. The van der Waals surface area contributed by atoms with E-state index in [1.807, 2.05) is 30.3 Å². The van der Waals surface area contributed by atoms with Gasteiger partial charge >= 0.3 is 12.1 Å². The molecular formula is C27H22F3NO4. The Labute approximate surface area is 200 Å². The molecule has 0 spiro atoms. The van der Waals surface area contributed by atoms with Gasteiger partial charge in [0.25, 0.3) is 0 Å². The lowest BCUT2D eigenvalue weighted by molar-refractivity contribution is -0.295. The normalized spacial score (nSPS) is 12.4. The minimum Gasteiger partial charge on any atom is -0.489 e. The molecule has 0 radical (unpaired) electrons. The molecule has 0 saturated heterocycles. The minimum atomic E-state index is -4.49. The quantitative estimate of drug-likeness (QED) is 0.209. The van der Waals surface area contributed by atoms with Crippen molar-refractivity contribution in [2.45, 2.75) is 32.7 Å². The van der Waals surface area contributed by atoms with Crippen LogP contribution in [0.1, 0.15) is 36.6 Å². The lowest BCUT2D eigenvalue weighted by Gasteiger charge is -2.14. The molecule has 1 unspecified atom stereocenters. The highest BCUT2D eigenvalue weighted by molar-refractivity contribution is 5.96. The van der Waals surface area contributed by atoms with E-state index < -0.39 is 23.8 Å². The Bertz CT molecular complexity index is 1350. The largest absolute Gasteiger partial charge is 0.489 e. The maximum Gasteiger partial charge on any atom is 0.418 e. The maximum atomic E-state index is 13.4. The van der Waals surface area contributed by atoms with E-state index >= 15 is 0 Å². The number of hydrogen-bond donors (Lipinski definition) is 0. The van der Waals surface area contributed by atoms with E-state index in [0.717, 1.165) is 17.2 Å². The van der Waals surface area contributed by atoms with Crippen LogP contribution in [0.15, 0.2) is 79.0 Å². The van der Waals surface area contributed by atoms with Crippen molar-refractivity contribution < 1.29 is 32.5 Å². The van der Waals surface area contributed by atoms with Crippen LogP contribution in [-0.2, 0) is 27.4 Å². The molecule has 1 atom stereocenters. The zero-order valence-electron chi connectivity index (χ0n) is 19.0. The van der Waals surface area contributed by atoms with Gasteiger partial charge in [-0.3, -0.25) is 9.87 Å². The van der Waals surface area contributed by atoms with Crippen LogP contribution >= 0.6 is 0 Å². The summed E-state index contributed by atoms with van der Waals surface area (Å²) in [6, 6.07) is 20.4. The van der Waals surface area contributed by atoms with Crippen molar-refractivity contribution >= 4 is 16.9 Å². The highest BCUT2D eigenvalue weighted by Crippen LogP contribution is 2.37. The van der Waals surface area contributed by atoms with Crippen molar-refractivity contribution in [1.82, 2.24) is 4.98 Å². The number of para-hydroxylation sites is 1. The first-order chi connectivity index (χ1) is 16.7. The number of carbonyl (C=O) groups excluding carboxylic acids is 1. The third kappa shape index (κ3) is 5.78. The van der Waals surface area contributed by atoms with Crippen LogP contribution in [0.5, 0.6) is 5.75 Å². The van der Waals surface area contributed by atoms with Crippen molar-refractivity contribution in [2.75, 3.05) is 0 Å². The van der Waals surface area contributed by atoms with E-state index in [1.165, 1.54) is 19.2 Å². The molecule has 0 aliphatic heterocycles. The first-order valence-electron chi connectivity index (χ1n) is 10.8. The number of carbonyl (C=O) groups is 1. The summed E-state index contributed by atoms with van der Waals surface area (Å²) in [6.07, 6.45) is -3.57. The summed E-state index contributed by atoms with van der Waals surface area (Å²) in [5, 5.41) is 0.411. The fourth-order valence-corrected chi connectivity index (χ4v) is 3.71. The number of nitrogens with zero attached hydrogens (tertiary/aromatic N) is 1. The van der Waals surface area contributed by atoms with E-state index in [4.69, 9.17) is 9.62 Å². The first kappa shape index (κ1) is 24.2. The molecule has 3 aromatic carbocycles. The Balaban J connectivity index is 1.55. The zero-order valence-corrected chi connectivity index (χ0v) is 19.0. The predicted octanol–water partition coefficient (Wildman–Crippen LogP) is 7.06. The Morgan fingerprint density at radius 3 is 2.54 bits per heavy atom. The molecule has 8 heteroatoms. The van der Waals surface area contributed by atoms with E-state index in [2.05, 4.69) is 9.87 Å². The lowest BCUT2D eigenvalue weighted by Crippen LogP contribution is -2.06. The van der Waals surface area contributed by atoms with Crippen molar-refractivity contribution in [3.63, 3.8) is 0 Å². The van der Waals surface area contributed by atoms with Gasteiger partial charge < -0.3 is 4.74 Å². The molecule has 5 nitrogen and oxygen atoms in total. The van der Waals surface area contributed by atoms with E-state index in [0.29, 0.717) is 22.3 Å². The van der Waals surface area contributed by atoms with Crippen molar-refractivity contribution in [3.05, 3.63) is 95.7 Å². The van der Waals surface area contributed by atoms with Gasteiger partial charge in [0, 0.05) is 18.5 Å². The summed E-state index contributed by atoms with van der Waals surface area (Å²) >= 11 is 0. The third-order valence-electron chi connectivity index (χ3n) is 5.36. The number of aromatic nitrogens is 1. The van der Waals surface area contributed by atoms with E-state index in [-0.39, 0.29) is 12.1 Å². The summed E-state index contributed by atoms with van der Waals surface area (Å²) in [5.74, 6) is 0.0295. The highest BCUT2D eigenvalue weighted by Gasteiger charge is 2.33. The molecule has 0 fully saturated rings. The van der Waals surface area contributed by atoms with Crippen molar-refractivity contribution in [1.29, 1.82) is 0 Å². The summed E-state index contributed by atoms with van der Waals surface area (Å²) < 4.78 is 46.3. The Kier molecular flexibility index (Phi) is 7.02. The number of rotatable bonds is 7. The molecule has 1 aromatic heterocycles. The molecule has 0 N–H and O–H groups in total. The van der Waals surface area contributed by atoms with E-state index in [1.54, 1.807) is 37.3 Å². The van der Waals surface area contributed by atoms with Crippen LogP contribution in [0.4, 0.5) is 13.2 Å². The molecule has 180 valence electrons. The number of alkyl halides is 3. The van der Waals surface area contributed by atoms with Gasteiger partial charge in [-0.05, 0) is 59.5 Å². The zero-order chi connectivity index (χ0) is 25.0. The Morgan fingerprint density at radius 1 is 1.00 bits per heavy atom. The summed E-state index contributed by atoms with van der Waals surface area (Å²) in [6.45, 7) is 3.28. The number of halogens is 3. The van der Waals surface area contributed by atoms with Crippen molar-refractivity contribution in [2.24, 2.45) is 0 Å². The number of pyridine rings is 1. The number of hydrogen-bond acceptors (Lipinski definition) is 5.